The van der Waals surface area contributed by atoms with Crippen LogP contribution in [0, 0.1) is 0 Å². The summed E-state index contributed by atoms with van der Waals surface area (Å²) >= 11 is 6.07. The minimum atomic E-state index is -3.82. The standard InChI is InChI=1S/C23H24ClN3O4S/c1-16(27(32(3,29)30)21-15-19(24)6-9-22(21)31-2)23(28)26-20-7-4-17(5-8-20)14-18-10-12-25-13-11-18/h4-13,15-16H,14H2,1-3H3,(H,26,28)/t16-/m1/s1. The van der Waals surface area contributed by atoms with Crippen molar-refractivity contribution in [2.24, 2.45) is 0 Å². The Morgan fingerprint density at radius 2 is 1.72 bits per heavy atom. The molecule has 0 unspecified atom stereocenters. The predicted octanol–water partition coefficient (Wildman–Crippen LogP) is 4.13. The number of hydrogen-bond donors (Lipinski definition) is 1. The summed E-state index contributed by atoms with van der Waals surface area (Å²) in [6.07, 6.45) is 5.26. The molecule has 1 aromatic heterocycles. The molecule has 3 rings (SSSR count). The summed E-state index contributed by atoms with van der Waals surface area (Å²) in [5, 5.41) is 3.10. The third kappa shape index (κ3) is 5.77. The van der Waals surface area contributed by atoms with Crippen molar-refractivity contribution in [3.05, 3.63) is 83.1 Å². The van der Waals surface area contributed by atoms with Crippen molar-refractivity contribution in [2.75, 3.05) is 23.0 Å². The van der Waals surface area contributed by atoms with Gasteiger partial charge >= 0.3 is 0 Å². The maximum absolute atomic E-state index is 12.9. The number of methoxy groups -OCH3 is 1. The third-order valence-corrected chi connectivity index (χ3v) is 6.31. The Hall–Kier alpha value is -3.10. The quantitative estimate of drug-likeness (QED) is 0.531. The van der Waals surface area contributed by atoms with Crippen LogP contribution in [0.25, 0.3) is 0 Å². The van der Waals surface area contributed by atoms with E-state index in [0.29, 0.717) is 16.5 Å². The molecule has 0 bridgehead atoms. The van der Waals surface area contributed by atoms with Crippen LogP contribution in [0.15, 0.2) is 67.0 Å². The van der Waals surface area contributed by atoms with E-state index in [4.69, 9.17) is 16.3 Å². The van der Waals surface area contributed by atoms with E-state index in [1.807, 2.05) is 24.3 Å². The Morgan fingerprint density at radius 1 is 1.09 bits per heavy atom. The van der Waals surface area contributed by atoms with Crippen LogP contribution in [0.4, 0.5) is 11.4 Å². The minimum absolute atomic E-state index is 0.192. The number of benzene rings is 2. The zero-order valence-electron chi connectivity index (χ0n) is 17.9. The van der Waals surface area contributed by atoms with Crippen molar-refractivity contribution < 1.29 is 17.9 Å². The molecule has 9 heteroatoms. The number of sulfonamides is 1. The van der Waals surface area contributed by atoms with Crippen LogP contribution in [-0.4, -0.2) is 38.7 Å². The summed E-state index contributed by atoms with van der Waals surface area (Å²) in [5.41, 5.74) is 2.96. The number of carbonyl (C=O) groups is 1. The summed E-state index contributed by atoms with van der Waals surface area (Å²) in [7, 11) is -2.39. The van der Waals surface area contributed by atoms with E-state index in [9.17, 15) is 13.2 Å². The van der Waals surface area contributed by atoms with Gasteiger partial charge in [0.05, 0.1) is 19.1 Å². The van der Waals surface area contributed by atoms with Crippen molar-refractivity contribution in [2.45, 2.75) is 19.4 Å². The van der Waals surface area contributed by atoms with Crippen LogP contribution in [-0.2, 0) is 21.2 Å². The summed E-state index contributed by atoms with van der Waals surface area (Å²) < 4.78 is 31.4. The summed E-state index contributed by atoms with van der Waals surface area (Å²) in [6, 6.07) is 14.8. The first-order valence-corrected chi connectivity index (χ1v) is 12.0. The largest absolute Gasteiger partial charge is 0.495 e. The second kappa shape index (κ2) is 10.0. The molecule has 3 aromatic rings. The molecule has 0 aliphatic heterocycles. The number of aromatic nitrogens is 1. The van der Waals surface area contributed by atoms with E-state index in [1.165, 1.54) is 20.1 Å². The van der Waals surface area contributed by atoms with Crippen LogP contribution in [0.2, 0.25) is 5.02 Å². The van der Waals surface area contributed by atoms with Crippen molar-refractivity contribution >= 4 is 38.9 Å². The van der Waals surface area contributed by atoms with Gasteiger partial charge in [0.1, 0.15) is 11.8 Å². The molecule has 1 N–H and O–H groups in total. The van der Waals surface area contributed by atoms with Crippen molar-refractivity contribution in [3.63, 3.8) is 0 Å². The second-order valence-electron chi connectivity index (χ2n) is 7.27. The Labute approximate surface area is 193 Å². The minimum Gasteiger partial charge on any atom is -0.495 e. The molecule has 0 aliphatic carbocycles. The number of amides is 1. The summed E-state index contributed by atoms with van der Waals surface area (Å²) in [6.45, 7) is 1.51. The van der Waals surface area contributed by atoms with Crippen LogP contribution < -0.4 is 14.4 Å². The lowest BCUT2D eigenvalue weighted by molar-refractivity contribution is -0.116. The highest BCUT2D eigenvalue weighted by atomic mass is 35.5. The number of hydrogen-bond acceptors (Lipinski definition) is 5. The van der Waals surface area contributed by atoms with E-state index in [-0.39, 0.29) is 5.69 Å². The van der Waals surface area contributed by atoms with Crippen LogP contribution in [0.5, 0.6) is 5.75 Å². The molecule has 32 heavy (non-hydrogen) atoms. The van der Waals surface area contributed by atoms with Crippen LogP contribution in [0.3, 0.4) is 0 Å². The van der Waals surface area contributed by atoms with Gasteiger partial charge in [0.15, 0.2) is 0 Å². The van der Waals surface area contributed by atoms with Gasteiger partial charge in [0, 0.05) is 23.1 Å². The fourth-order valence-corrected chi connectivity index (χ4v) is 4.64. The van der Waals surface area contributed by atoms with Gasteiger partial charge in [-0.15, -0.1) is 0 Å². The van der Waals surface area contributed by atoms with E-state index >= 15 is 0 Å². The number of rotatable bonds is 8. The van der Waals surface area contributed by atoms with E-state index < -0.39 is 22.0 Å². The normalized spacial score (nSPS) is 12.1. The predicted molar refractivity (Wildman–Crippen MR) is 127 cm³/mol. The van der Waals surface area contributed by atoms with Crippen molar-refractivity contribution in [3.8, 4) is 5.75 Å². The van der Waals surface area contributed by atoms with Gasteiger partial charge in [-0.25, -0.2) is 8.42 Å². The first-order chi connectivity index (χ1) is 15.2. The topological polar surface area (TPSA) is 88.6 Å². The van der Waals surface area contributed by atoms with E-state index in [2.05, 4.69) is 10.3 Å². The maximum atomic E-state index is 12.9. The van der Waals surface area contributed by atoms with Gasteiger partial charge in [-0.1, -0.05) is 23.7 Å². The Morgan fingerprint density at radius 3 is 2.31 bits per heavy atom. The molecular formula is C23H24ClN3O4S. The van der Waals surface area contributed by atoms with E-state index in [0.717, 1.165) is 28.1 Å². The van der Waals surface area contributed by atoms with Crippen LogP contribution in [0.1, 0.15) is 18.1 Å². The monoisotopic (exact) mass is 473 g/mol. The number of nitrogens with zero attached hydrogens (tertiary/aromatic N) is 2. The highest BCUT2D eigenvalue weighted by Gasteiger charge is 2.31. The van der Waals surface area contributed by atoms with Crippen molar-refractivity contribution in [1.82, 2.24) is 4.98 Å². The molecule has 7 nitrogen and oxygen atoms in total. The fraction of sp³-hybridized carbons (Fsp3) is 0.217. The molecule has 0 radical (unpaired) electrons. The number of nitrogens with one attached hydrogen (secondary N) is 1. The highest BCUT2D eigenvalue weighted by Crippen LogP contribution is 2.34. The Kier molecular flexibility index (Phi) is 7.37. The van der Waals surface area contributed by atoms with Gasteiger partial charge < -0.3 is 10.1 Å². The SMILES string of the molecule is COc1ccc(Cl)cc1N([C@H](C)C(=O)Nc1ccc(Cc2ccncc2)cc1)S(C)(=O)=O. The third-order valence-electron chi connectivity index (χ3n) is 4.85. The Balaban J connectivity index is 1.79. The van der Waals surface area contributed by atoms with Gasteiger partial charge in [-0.3, -0.25) is 14.1 Å². The van der Waals surface area contributed by atoms with Crippen molar-refractivity contribution in [1.29, 1.82) is 0 Å². The van der Waals surface area contributed by atoms with Crippen LogP contribution >= 0.6 is 11.6 Å². The molecule has 2 aromatic carbocycles. The molecule has 1 heterocycles. The molecule has 0 saturated carbocycles. The molecule has 0 saturated heterocycles. The number of carbonyl (C=O) groups excluding carboxylic acids is 1. The first-order valence-electron chi connectivity index (χ1n) is 9.80. The average Bonchev–Trinajstić information content (AvgIpc) is 2.75. The molecular weight excluding hydrogens is 450 g/mol. The van der Waals surface area contributed by atoms with Gasteiger partial charge in [-0.05, 0) is 66.9 Å². The lowest BCUT2D eigenvalue weighted by Gasteiger charge is -2.29. The molecule has 1 atom stereocenters. The Bertz CT molecular complexity index is 1190. The summed E-state index contributed by atoms with van der Waals surface area (Å²) in [4.78, 5) is 16.9. The number of ether oxygens (including phenoxy) is 1. The lowest BCUT2D eigenvalue weighted by Crippen LogP contribution is -2.45. The first kappa shape index (κ1) is 23.6. The molecule has 1 amide bonds. The smallest absolute Gasteiger partial charge is 0.247 e. The molecule has 0 spiro atoms. The zero-order chi connectivity index (χ0) is 23.3. The summed E-state index contributed by atoms with van der Waals surface area (Å²) in [5.74, 6) is -0.195. The fourth-order valence-electron chi connectivity index (χ4n) is 3.31. The number of pyridine rings is 1. The highest BCUT2D eigenvalue weighted by molar-refractivity contribution is 7.92. The lowest BCUT2D eigenvalue weighted by atomic mass is 10.1. The van der Waals surface area contributed by atoms with Gasteiger partial charge in [0.25, 0.3) is 0 Å². The second-order valence-corrected chi connectivity index (χ2v) is 9.57. The number of anilines is 2. The average molecular weight is 474 g/mol. The number of halogens is 1. The van der Waals surface area contributed by atoms with Gasteiger partial charge in [0.2, 0.25) is 15.9 Å². The molecule has 168 valence electrons. The van der Waals surface area contributed by atoms with E-state index in [1.54, 1.807) is 36.7 Å². The zero-order valence-corrected chi connectivity index (χ0v) is 19.5. The molecule has 0 aliphatic rings. The van der Waals surface area contributed by atoms with Gasteiger partial charge in [-0.2, -0.15) is 0 Å². The molecule has 0 fully saturated rings. The maximum Gasteiger partial charge on any atom is 0.247 e.